The van der Waals surface area contributed by atoms with Crippen LogP contribution in [0.4, 0.5) is 0 Å². The van der Waals surface area contributed by atoms with Gasteiger partial charge in [-0.1, -0.05) is 0 Å². The molecule has 0 saturated carbocycles. The molecule has 1 saturated heterocycles. The van der Waals surface area contributed by atoms with Crippen molar-refractivity contribution in [2.24, 2.45) is 5.92 Å². The number of aliphatic hydroxyl groups is 1. The largest absolute Gasteiger partial charge is 0.481 e. The van der Waals surface area contributed by atoms with Crippen LogP contribution >= 0.6 is 0 Å². The van der Waals surface area contributed by atoms with E-state index in [0.29, 0.717) is 13.1 Å². The van der Waals surface area contributed by atoms with Crippen molar-refractivity contribution in [2.75, 3.05) is 13.1 Å². The molecule has 0 aromatic heterocycles. The van der Waals surface area contributed by atoms with E-state index in [9.17, 15) is 19.5 Å². The van der Waals surface area contributed by atoms with Gasteiger partial charge in [-0.15, -0.1) is 0 Å². The summed E-state index contributed by atoms with van der Waals surface area (Å²) < 4.78 is 0. The molecule has 1 aliphatic rings. The maximum Gasteiger partial charge on any atom is 0.326 e. The molecule has 0 spiro atoms. The molecule has 102 valence electrons. The lowest BCUT2D eigenvalue weighted by Gasteiger charge is -2.26. The van der Waals surface area contributed by atoms with Crippen LogP contribution in [0, 0.1) is 5.92 Å². The fourth-order valence-corrected chi connectivity index (χ4v) is 1.78. The maximum atomic E-state index is 11.7. The molecule has 5 N–H and O–H groups in total. The molecule has 1 fully saturated rings. The second-order valence-corrected chi connectivity index (χ2v) is 4.24. The highest BCUT2D eigenvalue weighted by Crippen LogP contribution is 2.11. The molecule has 18 heavy (non-hydrogen) atoms. The fourth-order valence-electron chi connectivity index (χ4n) is 1.78. The van der Waals surface area contributed by atoms with Gasteiger partial charge in [-0.25, -0.2) is 4.79 Å². The number of carbonyl (C=O) groups excluding carboxylic acids is 1. The number of carboxylic acid groups (broad SMARTS) is 2. The Morgan fingerprint density at radius 1 is 1.28 bits per heavy atom. The summed E-state index contributed by atoms with van der Waals surface area (Å²) in [5.74, 6) is -3.81. The second kappa shape index (κ2) is 6.31. The zero-order chi connectivity index (χ0) is 13.7. The van der Waals surface area contributed by atoms with Gasteiger partial charge < -0.3 is 26.0 Å². The maximum absolute atomic E-state index is 11.7. The summed E-state index contributed by atoms with van der Waals surface area (Å²) in [6.45, 7) is 0.726. The third kappa shape index (κ3) is 4.30. The summed E-state index contributed by atoms with van der Waals surface area (Å²) in [6.07, 6.45) is -1.10. The highest BCUT2D eigenvalue weighted by Gasteiger charge is 2.30. The van der Waals surface area contributed by atoms with Gasteiger partial charge in [0.05, 0.1) is 18.4 Å². The number of rotatable bonds is 5. The molecule has 1 amide bonds. The standard InChI is InChI=1S/C10H16N2O6/c13-6-1-5(3-11-4-6)9(16)12-7(10(17)18)2-8(14)15/h5-7,11,13H,1-4H2,(H,12,16)(H,14,15)(H,17,18)/t5?,6?,7-/m0/s1. The Bertz CT molecular complexity index is 345. The summed E-state index contributed by atoms with van der Waals surface area (Å²) in [7, 11) is 0. The molecule has 1 aliphatic heterocycles. The van der Waals surface area contributed by atoms with E-state index in [1.54, 1.807) is 0 Å². The van der Waals surface area contributed by atoms with Crippen molar-refractivity contribution in [3.63, 3.8) is 0 Å². The van der Waals surface area contributed by atoms with Crippen molar-refractivity contribution in [3.8, 4) is 0 Å². The van der Waals surface area contributed by atoms with Crippen molar-refractivity contribution in [1.29, 1.82) is 0 Å². The molecule has 1 rings (SSSR count). The third-order valence-electron chi connectivity index (χ3n) is 2.69. The van der Waals surface area contributed by atoms with Crippen molar-refractivity contribution in [1.82, 2.24) is 10.6 Å². The SMILES string of the molecule is O=C(O)C[C@H](NC(=O)C1CNCC(O)C1)C(=O)O. The number of β-amino-alcohol motifs (C(OH)–C–C–N with tert-alkyl or cyclic N) is 1. The molecule has 0 aromatic carbocycles. The zero-order valence-electron chi connectivity index (χ0n) is 9.63. The summed E-state index contributed by atoms with van der Waals surface area (Å²) in [6, 6.07) is -1.45. The Morgan fingerprint density at radius 3 is 2.44 bits per heavy atom. The molecule has 8 heteroatoms. The summed E-state index contributed by atoms with van der Waals surface area (Å²) in [4.78, 5) is 33.0. The van der Waals surface area contributed by atoms with Crippen LogP contribution in [0.2, 0.25) is 0 Å². The lowest BCUT2D eigenvalue weighted by atomic mass is 9.96. The van der Waals surface area contributed by atoms with Gasteiger partial charge in [-0.2, -0.15) is 0 Å². The number of piperidine rings is 1. The number of carboxylic acids is 2. The van der Waals surface area contributed by atoms with Crippen LogP contribution < -0.4 is 10.6 Å². The van der Waals surface area contributed by atoms with Crippen molar-refractivity contribution >= 4 is 17.8 Å². The van der Waals surface area contributed by atoms with Crippen molar-refractivity contribution < 1.29 is 29.7 Å². The Morgan fingerprint density at radius 2 is 1.94 bits per heavy atom. The molecule has 0 aliphatic carbocycles. The first-order chi connectivity index (χ1) is 8.40. The first kappa shape index (κ1) is 14.4. The topological polar surface area (TPSA) is 136 Å². The van der Waals surface area contributed by atoms with Crippen LogP contribution in [0.3, 0.4) is 0 Å². The first-order valence-electron chi connectivity index (χ1n) is 5.54. The van der Waals surface area contributed by atoms with Gasteiger partial charge in [0, 0.05) is 13.1 Å². The third-order valence-corrected chi connectivity index (χ3v) is 2.69. The van der Waals surface area contributed by atoms with E-state index in [2.05, 4.69) is 10.6 Å². The van der Waals surface area contributed by atoms with Crippen molar-refractivity contribution in [2.45, 2.75) is 25.0 Å². The van der Waals surface area contributed by atoms with Crippen LogP contribution in [-0.4, -0.2) is 58.4 Å². The van der Waals surface area contributed by atoms with E-state index in [0.717, 1.165) is 0 Å². The number of aliphatic hydroxyl groups excluding tert-OH is 1. The van der Waals surface area contributed by atoms with E-state index in [1.165, 1.54) is 0 Å². The number of hydrogen-bond donors (Lipinski definition) is 5. The normalized spacial score (nSPS) is 25.2. The minimum atomic E-state index is -1.45. The smallest absolute Gasteiger partial charge is 0.326 e. The molecule has 0 radical (unpaired) electrons. The Balaban J connectivity index is 2.54. The van der Waals surface area contributed by atoms with Crippen LogP contribution in [0.15, 0.2) is 0 Å². The van der Waals surface area contributed by atoms with Crippen LogP contribution in [0.25, 0.3) is 0 Å². The van der Waals surface area contributed by atoms with E-state index < -0.39 is 42.3 Å². The van der Waals surface area contributed by atoms with E-state index in [4.69, 9.17) is 10.2 Å². The monoisotopic (exact) mass is 260 g/mol. The van der Waals surface area contributed by atoms with E-state index >= 15 is 0 Å². The number of amides is 1. The highest BCUT2D eigenvalue weighted by atomic mass is 16.4. The van der Waals surface area contributed by atoms with Gasteiger partial charge >= 0.3 is 11.9 Å². The van der Waals surface area contributed by atoms with E-state index in [-0.39, 0.29) is 6.42 Å². The molecular formula is C10H16N2O6. The minimum Gasteiger partial charge on any atom is -0.481 e. The Hall–Kier alpha value is -1.67. The van der Waals surface area contributed by atoms with Gasteiger partial charge in [-0.05, 0) is 6.42 Å². The Labute approximate surface area is 103 Å². The van der Waals surface area contributed by atoms with Crippen molar-refractivity contribution in [3.05, 3.63) is 0 Å². The molecule has 2 unspecified atom stereocenters. The number of hydrogen-bond acceptors (Lipinski definition) is 5. The predicted molar refractivity (Wildman–Crippen MR) is 58.8 cm³/mol. The molecule has 0 bridgehead atoms. The van der Waals surface area contributed by atoms with Crippen LogP contribution in [0.1, 0.15) is 12.8 Å². The number of carbonyl (C=O) groups is 3. The molecule has 8 nitrogen and oxygen atoms in total. The molecular weight excluding hydrogens is 244 g/mol. The first-order valence-corrected chi connectivity index (χ1v) is 5.54. The number of nitrogens with one attached hydrogen (secondary N) is 2. The average molecular weight is 260 g/mol. The van der Waals surface area contributed by atoms with E-state index in [1.807, 2.05) is 0 Å². The second-order valence-electron chi connectivity index (χ2n) is 4.24. The minimum absolute atomic E-state index is 0.234. The fraction of sp³-hybridized carbons (Fsp3) is 0.700. The lowest BCUT2D eigenvalue weighted by Crippen LogP contribution is -2.50. The quantitative estimate of drug-likeness (QED) is 0.385. The molecule has 0 aromatic rings. The summed E-state index contributed by atoms with van der Waals surface area (Å²) in [5, 5.41) is 31.7. The highest BCUT2D eigenvalue weighted by molar-refractivity contribution is 5.87. The van der Waals surface area contributed by atoms with Gasteiger partial charge in [0.1, 0.15) is 6.04 Å². The van der Waals surface area contributed by atoms with Gasteiger partial charge in [0.15, 0.2) is 0 Å². The summed E-state index contributed by atoms with van der Waals surface area (Å²) >= 11 is 0. The lowest BCUT2D eigenvalue weighted by molar-refractivity contribution is -0.147. The zero-order valence-corrected chi connectivity index (χ0v) is 9.63. The predicted octanol–water partition coefficient (Wildman–Crippen LogP) is -2.00. The Kier molecular flexibility index (Phi) is 5.05. The van der Waals surface area contributed by atoms with Gasteiger partial charge in [0.2, 0.25) is 5.91 Å². The van der Waals surface area contributed by atoms with Gasteiger partial charge in [-0.3, -0.25) is 9.59 Å². The average Bonchev–Trinajstić information content (AvgIpc) is 2.27. The van der Waals surface area contributed by atoms with Crippen LogP contribution in [-0.2, 0) is 14.4 Å². The molecule has 3 atom stereocenters. The van der Waals surface area contributed by atoms with Crippen LogP contribution in [0.5, 0.6) is 0 Å². The molecule has 1 heterocycles. The summed E-state index contributed by atoms with van der Waals surface area (Å²) in [5.41, 5.74) is 0. The van der Waals surface area contributed by atoms with Gasteiger partial charge in [0.25, 0.3) is 0 Å². The number of aliphatic carboxylic acids is 2.